The molecular weight excluding hydrogens is 527 g/mol. The van der Waals surface area contributed by atoms with Gasteiger partial charge in [0, 0.05) is 29.3 Å². The average molecular weight is 547 g/mol. The zero-order chi connectivity index (χ0) is 27.6. The summed E-state index contributed by atoms with van der Waals surface area (Å²) < 4.78 is 104. The summed E-state index contributed by atoms with van der Waals surface area (Å²) in [5.41, 5.74) is -5.83. The number of aliphatic hydroxyl groups is 2. The fraction of sp³-hybridized carbons (Fsp3) is 0.478. The molecule has 1 aromatic carbocycles. The number of alkyl halides is 5. The van der Waals surface area contributed by atoms with E-state index in [-0.39, 0.29) is 25.1 Å². The third-order valence-electron chi connectivity index (χ3n) is 7.49. The predicted octanol–water partition coefficient (Wildman–Crippen LogP) is 3.29. The van der Waals surface area contributed by atoms with Crippen molar-refractivity contribution in [2.24, 2.45) is 5.41 Å². The summed E-state index contributed by atoms with van der Waals surface area (Å²) in [5, 5.41) is 30.6. The van der Waals surface area contributed by atoms with Crippen molar-refractivity contribution in [2.45, 2.75) is 55.0 Å². The summed E-state index contributed by atoms with van der Waals surface area (Å²) in [6, 6.07) is 4.69. The van der Waals surface area contributed by atoms with Crippen molar-refractivity contribution in [3.05, 3.63) is 65.6 Å². The van der Waals surface area contributed by atoms with Crippen LogP contribution in [0.2, 0.25) is 0 Å². The van der Waals surface area contributed by atoms with Crippen LogP contribution in [0.4, 0.5) is 30.7 Å². The molecule has 0 radical (unpaired) electrons. The monoisotopic (exact) mass is 547 g/mol. The standard InChI is InChI=1S/C23H20F7N5O3/c24-14-2-3-15(16(25)5-14)21(37,11-35-12-32-33-34-35)23(29,30)20-8-19(9-20,10-20)13-1-4-18(31-6-13)38-7-17(36)22(26,27)28/h1-6,12,17,36-37H,7-11H2. The Morgan fingerprint density at radius 3 is 2.32 bits per heavy atom. The summed E-state index contributed by atoms with van der Waals surface area (Å²) in [6.45, 7) is -1.96. The van der Waals surface area contributed by atoms with Gasteiger partial charge in [-0.15, -0.1) is 5.10 Å². The van der Waals surface area contributed by atoms with E-state index in [0.29, 0.717) is 11.6 Å². The molecule has 3 aliphatic rings. The number of hydrogen-bond acceptors (Lipinski definition) is 7. The molecule has 6 rings (SSSR count). The number of nitrogens with zero attached hydrogens (tertiary/aromatic N) is 5. The molecule has 0 saturated heterocycles. The van der Waals surface area contributed by atoms with Crippen LogP contribution in [0.5, 0.6) is 5.88 Å². The van der Waals surface area contributed by atoms with E-state index in [4.69, 9.17) is 9.84 Å². The lowest BCUT2D eigenvalue weighted by Crippen LogP contribution is -2.76. The first-order valence-corrected chi connectivity index (χ1v) is 11.3. The number of halogens is 7. The summed E-state index contributed by atoms with van der Waals surface area (Å²) in [5.74, 6) is -6.45. The second kappa shape index (κ2) is 8.59. The van der Waals surface area contributed by atoms with Crippen LogP contribution in [-0.4, -0.2) is 60.2 Å². The lowest BCUT2D eigenvalue weighted by Gasteiger charge is -2.74. The Hall–Kier alpha value is -3.33. The van der Waals surface area contributed by atoms with E-state index in [2.05, 4.69) is 20.5 Å². The first-order valence-electron chi connectivity index (χ1n) is 11.3. The summed E-state index contributed by atoms with van der Waals surface area (Å²) in [7, 11) is 0. The molecule has 3 fully saturated rings. The highest BCUT2D eigenvalue weighted by Gasteiger charge is 2.82. The molecule has 3 saturated carbocycles. The van der Waals surface area contributed by atoms with E-state index in [1.54, 1.807) is 0 Å². The molecule has 8 nitrogen and oxygen atoms in total. The third kappa shape index (κ3) is 3.99. The van der Waals surface area contributed by atoms with Gasteiger partial charge in [-0.2, -0.15) is 13.2 Å². The first kappa shape index (κ1) is 26.3. The fourth-order valence-corrected chi connectivity index (χ4v) is 5.57. The summed E-state index contributed by atoms with van der Waals surface area (Å²) >= 11 is 0. The molecule has 2 aromatic heterocycles. The number of ether oxygens (including phenoxy) is 1. The number of tetrazole rings is 1. The van der Waals surface area contributed by atoms with Gasteiger partial charge >= 0.3 is 6.18 Å². The van der Waals surface area contributed by atoms with Crippen molar-refractivity contribution in [3.63, 3.8) is 0 Å². The maximum atomic E-state index is 16.2. The second-order valence-electron chi connectivity index (χ2n) is 9.91. The van der Waals surface area contributed by atoms with Crippen molar-refractivity contribution in [1.29, 1.82) is 0 Å². The highest BCUT2D eigenvalue weighted by Crippen LogP contribution is 2.80. The van der Waals surface area contributed by atoms with Crippen LogP contribution in [-0.2, 0) is 17.6 Å². The van der Waals surface area contributed by atoms with Gasteiger partial charge in [-0.3, -0.25) is 0 Å². The van der Waals surface area contributed by atoms with Crippen molar-refractivity contribution in [2.75, 3.05) is 6.61 Å². The number of benzene rings is 1. The number of aromatic nitrogens is 5. The van der Waals surface area contributed by atoms with Gasteiger partial charge in [-0.1, -0.05) is 6.07 Å². The number of pyridine rings is 1. The van der Waals surface area contributed by atoms with E-state index in [1.807, 2.05) is 0 Å². The third-order valence-corrected chi connectivity index (χ3v) is 7.49. The van der Waals surface area contributed by atoms with Crippen LogP contribution >= 0.6 is 0 Å². The lowest BCUT2D eigenvalue weighted by atomic mass is 9.30. The van der Waals surface area contributed by atoms with Gasteiger partial charge in [0.1, 0.15) is 24.6 Å². The molecule has 2 unspecified atom stereocenters. The highest BCUT2D eigenvalue weighted by molar-refractivity contribution is 5.42. The Morgan fingerprint density at radius 2 is 1.76 bits per heavy atom. The Labute approximate surface area is 210 Å². The topological polar surface area (TPSA) is 106 Å². The first-order chi connectivity index (χ1) is 17.7. The zero-order valence-corrected chi connectivity index (χ0v) is 19.3. The maximum absolute atomic E-state index is 16.2. The van der Waals surface area contributed by atoms with Crippen LogP contribution in [0.15, 0.2) is 42.9 Å². The molecule has 38 heavy (non-hydrogen) atoms. The molecule has 204 valence electrons. The largest absolute Gasteiger partial charge is 0.475 e. The lowest BCUT2D eigenvalue weighted by molar-refractivity contribution is -0.347. The van der Waals surface area contributed by atoms with Gasteiger partial charge in [0.25, 0.3) is 5.92 Å². The normalized spacial score (nSPS) is 25.2. The molecule has 15 heteroatoms. The molecule has 0 aliphatic heterocycles. The minimum Gasteiger partial charge on any atom is -0.475 e. The van der Waals surface area contributed by atoms with E-state index < -0.39 is 65.0 Å². The van der Waals surface area contributed by atoms with Crippen LogP contribution in [0.25, 0.3) is 0 Å². The quantitative estimate of drug-likeness (QED) is 0.396. The molecule has 3 aliphatic carbocycles. The number of aliphatic hydroxyl groups excluding tert-OH is 1. The van der Waals surface area contributed by atoms with Gasteiger partial charge in [-0.05, 0) is 52.8 Å². The van der Waals surface area contributed by atoms with Gasteiger partial charge in [-0.25, -0.2) is 27.2 Å². The van der Waals surface area contributed by atoms with Crippen LogP contribution in [0.3, 0.4) is 0 Å². The molecule has 0 amide bonds. The van der Waals surface area contributed by atoms with E-state index in [0.717, 1.165) is 23.1 Å². The summed E-state index contributed by atoms with van der Waals surface area (Å²) in [6.07, 6.45) is -5.55. The van der Waals surface area contributed by atoms with Crippen molar-refractivity contribution >= 4 is 0 Å². The zero-order valence-electron chi connectivity index (χ0n) is 19.3. The van der Waals surface area contributed by atoms with E-state index >= 15 is 8.78 Å². The average Bonchev–Trinajstić information content (AvgIpc) is 3.28. The van der Waals surface area contributed by atoms with Crippen LogP contribution in [0, 0.1) is 17.0 Å². The van der Waals surface area contributed by atoms with Gasteiger partial charge in [0.2, 0.25) is 5.88 Å². The minimum atomic E-state index is -4.85. The van der Waals surface area contributed by atoms with Crippen molar-refractivity contribution in [1.82, 2.24) is 25.2 Å². The minimum absolute atomic E-state index is 0.0948. The maximum Gasteiger partial charge on any atom is 0.417 e. The number of rotatable bonds is 9. The van der Waals surface area contributed by atoms with E-state index in [1.165, 1.54) is 18.3 Å². The molecule has 2 bridgehead atoms. The molecule has 3 aromatic rings. The van der Waals surface area contributed by atoms with Gasteiger partial charge < -0.3 is 14.9 Å². The Morgan fingerprint density at radius 1 is 1.05 bits per heavy atom. The Balaban J connectivity index is 1.35. The second-order valence-corrected chi connectivity index (χ2v) is 9.91. The number of hydrogen-bond donors (Lipinski definition) is 2. The molecule has 2 N–H and O–H groups in total. The van der Waals surface area contributed by atoms with Crippen LogP contribution in [0.1, 0.15) is 30.4 Å². The Bertz CT molecular complexity index is 1300. The van der Waals surface area contributed by atoms with Gasteiger partial charge in [0.15, 0.2) is 11.7 Å². The van der Waals surface area contributed by atoms with Gasteiger partial charge in [0.05, 0.1) is 6.54 Å². The smallest absolute Gasteiger partial charge is 0.417 e. The van der Waals surface area contributed by atoms with Crippen LogP contribution < -0.4 is 4.74 Å². The SMILES string of the molecule is OC(COc1ccc(C23CC(C(F)(F)C(O)(Cn4cnnn4)c4ccc(F)cc4F)(C2)C3)cn1)C(F)(F)F. The van der Waals surface area contributed by atoms with Crippen molar-refractivity contribution < 1.29 is 45.7 Å². The molecule has 2 atom stereocenters. The molecule has 0 spiro atoms. The highest BCUT2D eigenvalue weighted by atomic mass is 19.4. The van der Waals surface area contributed by atoms with Crippen molar-refractivity contribution in [3.8, 4) is 5.88 Å². The van der Waals surface area contributed by atoms with E-state index in [9.17, 15) is 27.1 Å². The fourth-order valence-electron chi connectivity index (χ4n) is 5.57. The predicted molar refractivity (Wildman–Crippen MR) is 113 cm³/mol. The summed E-state index contributed by atoms with van der Waals surface area (Å²) in [4.78, 5) is 3.91. The Kier molecular flexibility index (Phi) is 5.94. The molecular formula is C23H20F7N5O3. The molecule has 2 heterocycles.